The molecule has 0 saturated heterocycles. The van der Waals surface area contributed by atoms with Crippen LogP contribution in [0.25, 0.3) is 0 Å². The van der Waals surface area contributed by atoms with E-state index in [1.54, 1.807) is 24.3 Å². The number of benzene rings is 2. The Balaban J connectivity index is 2.35. The second-order valence-electron chi connectivity index (χ2n) is 6.54. The van der Waals surface area contributed by atoms with Crippen LogP contribution in [0, 0.1) is 0 Å². The van der Waals surface area contributed by atoms with E-state index in [4.69, 9.17) is 0 Å². The molecular formula is C18H22O3Si. The molecule has 3 nitrogen and oxygen atoms in total. The molecule has 2 aromatic carbocycles. The summed E-state index contributed by atoms with van der Waals surface area (Å²) in [5.74, 6) is -1.98. The lowest BCUT2D eigenvalue weighted by Crippen LogP contribution is -2.37. The van der Waals surface area contributed by atoms with Crippen molar-refractivity contribution in [2.24, 2.45) is 0 Å². The summed E-state index contributed by atoms with van der Waals surface area (Å²) in [6.45, 7) is 6.74. The van der Waals surface area contributed by atoms with Gasteiger partial charge in [-0.1, -0.05) is 79.4 Å². The van der Waals surface area contributed by atoms with Crippen molar-refractivity contribution in [3.63, 3.8) is 0 Å². The van der Waals surface area contributed by atoms with Gasteiger partial charge in [-0.15, -0.1) is 0 Å². The lowest BCUT2D eigenvalue weighted by atomic mass is 9.89. The van der Waals surface area contributed by atoms with Crippen molar-refractivity contribution in [3.8, 4) is 0 Å². The predicted molar refractivity (Wildman–Crippen MR) is 91.2 cm³/mol. The number of carboxylic acid groups (broad SMARTS) is 1. The maximum absolute atomic E-state index is 11.6. The van der Waals surface area contributed by atoms with Gasteiger partial charge in [0.15, 0.2) is 0 Å². The molecule has 116 valence electrons. The summed E-state index contributed by atoms with van der Waals surface area (Å²) in [6, 6.07) is 16.6. The highest BCUT2D eigenvalue weighted by molar-refractivity contribution is 6.88. The van der Waals surface area contributed by atoms with Gasteiger partial charge in [0.2, 0.25) is 0 Å². The zero-order chi connectivity index (χ0) is 16.3. The number of rotatable bonds is 5. The minimum atomic E-state index is -1.42. The molecular weight excluding hydrogens is 292 g/mol. The molecule has 0 aliphatic carbocycles. The standard InChI is InChI=1S/C18H22O3Si/c1-22(2,3)15-11-9-13(10-12-15)16(18(20)21)17(19)14-7-5-4-6-8-14/h4-12,16-17,19H,1-3H3,(H,20,21)/t16-,17+/m1/s1. The van der Waals surface area contributed by atoms with Gasteiger partial charge < -0.3 is 10.2 Å². The molecule has 0 fully saturated rings. The lowest BCUT2D eigenvalue weighted by molar-refractivity contribution is -0.141. The van der Waals surface area contributed by atoms with Crippen LogP contribution in [0.2, 0.25) is 19.6 Å². The van der Waals surface area contributed by atoms with Gasteiger partial charge in [-0.05, 0) is 11.1 Å². The van der Waals surface area contributed by atoms with E-state index in [-0.39, 0.29) is 0 Å². The Morgan fingerprint density at radius 3 is 1.91 bits per heavy atom. The summed E-state index contributed by atoms with van der Waals surface area (Å²) in [5.41, 5.74) is 1.25. The Labute approximate surface area is 132 Å². The normalized spacial score (nSPS) is 14.4. The van der Waals surface area contributed by atoms with Crippen LogP contribution in [0.1, 0.15) is 23.1 Å². The predicted octanol–water partition coefficient (Wildman–Crippen LogP) is 3.13. The smallest absolute Gasteiger partial charge is 0.314 e. The van der Waals surface area contributed by atoms with Gasteiger partial charge in [-0.3, -0.25) is 4.79 Å². The Bertz CT molecular complexity index is 630. The molecule has 0 saturated carbocycles. The van der Waals surface area contributed by atoms with E-state index in [0.29, 0.717) is 11.1 Å². The molecule has 0 aromatic heterocycles. The first-order valence-electron chi connectivity index (χ1n) is 7.37. The fraction of sp³-hybridized carbons (Fsp3) is 0.278. The van der Waals surface area contributed by atoms with Crippen molar-refractivity contribution < 1.29 is 15.0 Å². The van der Waals surface area contributed by atoms with Crippen molar-refractivity contribution >= 4 is 19.2 Å². The van der Waals surface area contributed by atoms with Crippen LogP contribution < -0.4 is 5.19 Å². The van der Waals surface area contributed by atoms with Crippen LogP contribution in [0.5, 0.6) is 0 Å². The summed E-state index contributed by atoms with van der Waals surface area (Å²) in [4.78, 5) is 11.6. The Hall–Kier alpha value is -1.91. The molecule has 2 atom stereocenters. The van der Waals surface area contributed by atoms with E-state index in [2.05, 4.69) is 19.6 Å². The van der Waals surface area contributed by atoms with Crippen molar-refractivity contribution in [1.29, 1.82) is 0 Å². The molecule has 0 heterocycles. The quantitative estimate of drug-likeness (QED) is 0.834. The number of aliphatic hydroxyl groups is 1. The minimum absolute atomic E-state index is 0.615. The summed E-state index contributed by atoms with van der Waals surface area (Å²) < 4.78 is 0. The van der Waals surface area contributed by atoms with E-state index in [0.717, 1.165) is 0 Å². The fourth-order valence-corrected chi connectivity index (χ4v) is 3.66. The van der Waals surface area contributed by atoms with Crippen LogP contribution in [-0.4, -0.2) is 24.3 Å². The third-order valence-corrected chi connectivity index (χ3v) is 5.92. The molecule has 2 N–H and O–H groups in total. The molecule has 4 heteroatoms. The van der Waals surface area contributed by atoms with E-state index >= 15 is 0 Å². The third-order valence-electron chi connectivity index (χ3n) is 3.86. The highest BCUT2D eigenvalue weighted by atomic mass is 28.3. The van der Waals surface area contributed by atoms with Crippen LogP contribution in [0.3, 0.4) is 0 Å². The number of carboxylic acids is 1. The number of hydrogen-bond acceptors (Lipinski definition) is 2. The fourth-order valence-electron chi connectivity index (χ4n) is 2.49. The SMILES string of the molecule is C[Si](C)(C)c1ccc([C@@H](C(=O)O)[C@@H](O)c2ccccc2)cc1. The van der Waals surface area contributed by atoms with E-state index in [1.807, 2.05) is 30.3 Å². The summed E-state index contributed by atoms with van der Waals surface area (Å²) in [5, 5.41) is 21.3. The first-order valence-corrected chi connectivity index (χ1v) is 10.9. The maximum atomic E-state index is 11.6. The van der Waals surface area contributed by atoms with Gasteiger partial charge in [-0.2, -0.15) is 0 Å². The van der Waals surface area contributed by atoms with Gasteiger partial charge >= 0.3 is 5.97 Å². The molecule has 2 rings (SSSR count). The van der Waals surface area contributed by atoms with Crippen LogP contribution in [0.4, 0.5) is 0 Å². The van der Waals surface area contributed by atoms with Gasteiger partial charge in [0.05, 0.1) is 14.2 Å². The van der Waals surface area contributed by atoms with Crippen molar-refractivity contribution in [2.75, 3.05) is 0 Å². The van der Waals surface area contributed by atoms with Crippen molar-refractivity contribution in [1.82, 2.24) is 0 Å². The van der Waals surface area contributed by atoms with E-state index in [9.17, 15) is 15.0 Å². The van der Waals surface area contributed by atoms with Crippen LogP contribution >= 0.6 is 0 Å². The molecule has 0 radical (unpaired) electrons. The average Bonchev–Trinajstić information content (AvgIpc) is 2.47. The first-order chi connectivity index (χ1) is 10.3. The van der Waals surface area contributed by atoms with E-state index in [1.165, 1.54) is 5.19 Å². The van der Waals surface area contributed by atoms with E-state index < -0.39 is 26.1 Å². The average molecular weight is 314 g/mol. The zero-order valence-corrected chi connectivity index (χ0v) is 14.2. The van der Waals surface area contributed by atoms with Gasteiger partial charge in [0.1, 0.15) is 5.92 Å². The monoisotopic (exact) mass is 314 g/mol. The second kappa shape index (κ2) is 6.46. The zero-order valence-electron chi connectivity index (χ0n) is 13.2. The molecule has 0 amide bonds. The number of hydrogen-bond donors (Lipinski definition) is 2. The number of aliphatic carboxylic acids is 1. The Kier molecular flexibility index (Phi) is 4.83. The highest BCUT2D eigenvalue weighted by Crippen LogP contribution is 2.31. The summed E-state index contributed by atoms with van der Waals surface area (Å²) >= 11 is 0. The van der Waals surface area contributed by atoms with Gasteiger partial charge in [-0.25, -0.2) is 0 Å². The second-order valence-corrected chi connectivity index (χ2v) is 11.6. The summed E-state index contributed by atoms with van der Waals surface area (Å²) in [6.07, 6.45) is -1.06. The van der Waals surface area contributed by atoms with Crippen LogP contribution in [-0.2, 0) is 4.79 Å². The van der Waals surface area contributed by atoms with Crippen molar-refractivity contribution in [3.05, 3.63) is 65.7 Å². The van der Waals surface area contributed by atoms with Crippen LogP contribution in [0.15, 0.2) is 54.6 Å². The van der Waals surface area contributed by atoms with Crippen molar-refractivity contribution in [2.45, 2.75) is 31.7 Å². The topological polar surface area (TPSA) is 57.5 Å². The largest absolute Gasteiger partial charge is 0.481 e. The molecule has 0 aliphatic rings. The molecule has 0 unspecified atom stereocenters. The molecule has 2 aromatic rings. The Morgan fingerprint density at radius 1 is 0.909 bits per heavy atom. The summed E-state index contributed by atoms with van der Waals surface area (Å²) in [7, 11) is -1.42. The molecule has 0 spiro atoms. The minimum Gasteiger partial charge on any atom is -0.481 e. The molecule has 0 aliphatic heterocycles. The lowest BCUT2D eigenvalue weighted by Gasteiger charge is -2.22. The maximum Gasteiger partial charge on any atom is 0.314 e. The highest BCUT2D eigenvalue weighted by Gasteiger charge is 2.29. The Morgan fingerprint density at radius 2 is 1.45 bits per heavy atom. The molecule has 0 bridgehead atoms. The first kappa shape index (κ1) is 16.5. The number of aliphatic hydroxyl groups excluding tert-OH is 1. The third kappa shape index (κ3) is 3.64. The number of carbonyl (C=O) groups is 1. The van der Waals surface area contributed by atoms with Gasteiger partial charge in [0, 0.05) is 0 Å². The molecule has 22 heavy (non-hydrogen) atoms. The van der Waals surface area contributed by atoms with Gasteiger partial charge in [0.25, 0.3) is 0 Å².